The van der Waals surface area contributed by atoms with Crippen LogP contribution in [0.4, 0.5) is 0 Å². The van der Waals surface area contributed by atoms with Crippen LogP contribution in [-0.4, -0.2) is 86.2 Å². The molecule has 3 atom stereocenters. The first-order valence-corrected chi connectivity index (χ1v) is 10.6. The Kier molecular flexibility index (Phi) is 9.31. The van der Waals surface area contributed by atoms with Crippen LogP contribution in [0.1, 0.15) is 53.4 Å². The van der Waals surface area contributed by atoms with Gasteiger partial charge in [0.2, 0.25) is 0 Å². The van der Waals surface area contributed by atoms with Gasteiger partial charge in [-0.05, 0) is 43.6 Å². The van der Waals surface area contributed by atoms with Crippen molar-refractivity contribution in [1.82, 2.24) is 9.80 Å². The normalized spacial score (nSPS) is 26.0. The maximum atomic E-state index is 10.3. The Morgan fingerprint density at radius 2 is 1.77 bits per heavy atom. The van der Waals surface area contributed by atoms with E-state index in [4.69, 9.17) is 9.47 Å². The number of aliphatic hydroxyl groups is 1. The number of rotatable bonds is 9. The third-order valence-corrected chi connectivity index (χ3v) is 5.48. The van der Waals surface area contributed by atoms with E-state index in [1.165, 1.54) is 19.4 Å². The monoisotopic (exact) mass is 370 g/mol. The molecule has 2 fully saturated rings. The predicted octanol–water partition coefficient (Wildman–Crippen LogP) is 2.62. The minimum atomic E-state index is -0.236. The zero-order chi connectivity index (χ0) is 19.0. The van der Waals surface area contributed by atoms with Crippen molar-refractivity contribution in [3.63, 3.8) is 0 Å². The molecule has 0 spiro atoms. The van der Waals surface area contributed by atoms with Crippen molar-refractivity contribution in [1.29, 1.82) is 0 Å². The fraction of sp³-hybridized carbons (Fsp3) is 1.00. The zero-order valence-electron chi connectivity index (χ0n) is 17.6. The maximum absolute atomic E-state index is 10.3. The Bertz CT molecular complexity index is 380. The highest BCUT2D eigenvalue weighted by Gasteiger charge is 2.25. The summed E-state index contributed by atoms with van der Waals surface area (Å²) >= 11 is 0. The average Bonchev–Trinajstić information content (AvgIpc) is 2.54. The number of hydrogen-bond donors (Lipinski definition) is 1. The summed E-state index contributed by atoms with van der Waals surface area (Å²) in [7, 11) is 0. The van der Waals surface area contributed by atoms with Gasteiger partial charge < -0.3 is 14.6 Å². The molecule has 0 aromatic carbocycles. The Labute approximate surface area is 161 Å². The molecule has 0 aliphatic carbocycles. The molecule has 0 saturated carbocycles. The van der Waals surface area contributed by atoms with Crippen molar-refractivity contribution in [3.8, 4) is 0 Å². The number of aliphatic hydroxyl groups excluding tert-OH is 1. The minimum absolute atomic E-state index is 0.181. The Balaban J connectivity index is 1.61. The standard InChI is InChI=1S/C21H42N2O3/c1-18(6-5-7-22-8-11-25-12-9-22)14-20-17-23(10-13-26-20)16-19(24)15-21(2,3)4/h18-20,24H,5-17H2,1-4H3/t18?,19-,20?/m0/s1. The summed E-state index contributed by atoms with van der Waals surface area (Å²) in [6.07, 6.45) is 4.61. The van der Waals surface area contributed by atoms with Gasteiger partial charge in [0.25, 0.3) is 0 Å². The van der Waals surface area contributed by atoms with E-state index in [2.05, 4.69) is 37.5 Å². The molecule has 2 saturated heterocycles. The van der Waals surface area contributed by atoms with Gasteiger partial charge in [0, 0.05) is 32.7 Å². The van der Waals surface area contributed by atoms with Gasteiger partial charge in [-0.1, -0.05) is 27.7 Å². The van der Waals surface area contributed by atoms with Gasteiger partial charge in [-0.25, -0.2) is 0 Å². The van der Waals surface area contributed by atoms with Crippen molar-refractivity contribution in [2.24, 2.45) is 11.3 Å². The number of ether oxygens (including phenoxy) is 2. The van der Waals surface area contributed by atoms with Gasteiger partial charge in [0.1, 0.15) is 0 Å². The SMILES string of the molecule is CC(CCCN1CCOCC1)CC1CN(C[C@@H](O)CC(C)(C)C)CCO1. The highest BCUT2D eigenvalue weighted by Crippen LogP contribution is 2.23. The summed E-state index contributed by atoms with van der Waals surface area (Å²) in [5.74, 6) is 0.695. The van der Waals surface area contributed by atoms with Crippen LogP contribution in [-0.2, 0) is 9.47 Å². The van der Waals surface area contributed by atoms with E-state index >= 15 is 0 Å². The van der Waals surface area contributed by atoms with Crippen molar-refractivity contribution in [2.75, 3.05) is 59.1 Å². The molecule has 2 aliphatic heterocycles. The van der Waals surface area contributed by atoms with E-state index < -0.39 is 0 Å². The molecule has 2 heterocycles. The molecule has 1 N–H and O–H groups in total. The van der Waals surface area contributed by atoms with Crippen molar-refractivity contribution in [2.45, 2.75) is 65.6 Å². The first kappa shape index (κ1) is 22.1. The highest BCUT2D eigenvalue weighted by atomic mass is 16.5. The zero-order valence-corrected chi connectivity index (χ0v) is 17.6. The minimum Gasteiger partial charge on any atom is -0.392 e. The van der Waals surface area contributed by atoms with E-state index in [0.717, 1.165) is 65.4 Å². The van der Waals surface area contributed by atoms with E-state index in [9.17, 15) is 5.11 Å². The van der Waals surface area contributed by atoms with Gasteiger partial charge in [0.05, 0.1) is 32.0 Å². The molecular weight excluding hydrogens is 328 g/mol. The van der Waals surface area contributed by atoms with Crippen molar-refractivity contribution >= 4 is 0 Å². The lowest BCUT2D eigenvalue weighted by atomic mass is 9.89. The van der Waals surface area contributed by atoms with Gasteiger partial charge in [-0.3, -0.25) is 9.80 Å². The third kappa shape index (κ3) is 9.14. The number of morpholine rings is 2. The van der Waals surface area contributed by atoms with Crippen molar-refractivity contribution in [3.05, 3.63) is 0 Å². The van der Waals surface area contributed by atoms with E-state index in [1.54, 1.807) is 0 Å². The average molecular weight is 371 g/mol. The summed E-state index contributed by atoms with van der Waals surface area (Å²) in [6.45, 7) is 17.6. The fourth-order valence-electron chi connectivity index (χ4n) is 4.21. The lowest BCUT2D eigenvalue weighted by Crippen LogP contribution is -2.46. The molecule has 2 aliphatic rings. The lowest BCUT2D eigenvalue weighted by Gasteiger charge is -2.36. The smallest absolute Gasteiger partial charge is 0.0705 e. The first-order chi connectivity index (χ1) is 12.3. The van der Waals surface area contributed by atoms with Crippen LogP contribution < -0.4 is 0 Å². The van der Waals surface area contributed by atoms with Gasteiger partial charge >= 0.3 is 0 Å². The molecule has 5 heteroatoms. The van der Waals surface area contributed by atoms with Crippen LogP contribution in [0.3, 0.4) is 0 Å². The van der Waals surface area contributed by atoms with E-state index in [0.29, 0.717) is 12.0 Å². The van der Waals surface area contributed by atoms with Gasteiger partial charge in [0.15, 0.2) is 0 Å². The molecule has 26 heavy (non-hydrogen) atoms. The Hall–Kier alpha value is -0.200. The van der Waals surface area contributed by atoms with Gasteiger partial charge in [-0.15, -0.1) is 0 Å². The third-order valence-electron chi connectivity index (χ3n) is 5.48. The Morgan fingerprint density at radius 1 is 1.08 bits per heavy atom. The summed E-state index contributed by atoms with van der Waals surface area (Å²) in [5, 5.41) is 10.3. The second-order valence-electron chi connectivity index (χ2n) is 9.61. The molecule has 2 unspecified atom stereocenters. The summed E-state index contributed by atoms with van der Waals surface area (Å²) in [5.41, 5.74) is 0.181. The molecule has 0 bridgehead atoms. The summed E-state index contributed by atoms with van der Waals surface area (Å²) in [4.78, 5) is 4.91. The predicted molar refractivity (Wildman–Crippen MR) is 107 cm³/mol. The van der Waals surface area contributed by atoms with E-state index in [1.807, 2.05) is 0 Å². The van der Waals surface area contributed by atoms with Crippen LogP contribution in [0.5, 0.6) is 0 Å². The van der Waals surface area contributed by atoms with E-state index in [-0.39, 0.29) is 11.5 Å². The van der Waals surface area contributed by atoms with Gasteiger partial charge in [-0.2, -0.15) is 0 Å². The second-order valence-corrected chi connectivity index (χ2v) is 9.61. The summed E-state index contributed by atoms with van der Waals surface area (Å²) < 4.78 is 11.4. The Morgan fingerprint density at radius 3 is 2.46 bits per heavy atom. The molecule has 0 radical (unpaired) electrons. The second kappa shape index (κ2) is 11.0. The first-order valence-electron chi connectivity index (χ1n) is 10.6. The quantitative estimate of drug-likeness (QED) is 0.676. The van der Waals surface area contributed by atoms with Crippen LogP contribution >= 0.6 is 0 Å². The molecule has 2 rings (SSSR count). The van der Waals surface area contributed by atoms with Crippen LogP contribution in [0, 0.1) is 11.3 Å². The molecule has 5 nitrogen and oxygen atoms in total. The van der Waals surface area contributed by atoms with Crippen LogP contribution in [0.2, 0.25) is 0 Å². The van der Waals surface area contributed by atoms with Crippen molar-refractivity contribution < 1.29 is 14.6 Å². The number of β-amino-alcohol motifs (C(OH)–C–C–N with tert-alkyl or cyclic N) is 1. The molecule has 0 amide bonds. The molecular formula is C21H42N2O3. The molecule has 154 valence electrons. The topological polar surface area (TPSA) is 45.2 Å². The maximum Gasteiger partial charge on any atom is 0.0705 e. The molecule has 0 aromatic heterocycles. The summed E-state index contributed by atoms with van der Waals surface area (Å²) in [6, 6.07) is 0. The molecule has 0 aromatic rings. The lowest BCUT2D eigenvalue weighted by molar-refractivity contribution is -0.0522. The number of hydrogen-bond acceptors (Lipinski definition) is 5. The highest BCUT2D eigenvalue weighted by molar-refractivity contribution is 4.78. The number of nitrogens with zero attached hydrogens (tertiary/aromatic N) is 2. The van der Waals surface area contributed by atoms with Crippen LogP contribution in [0.15, 0.2) is 0 Å². The largest absolute Gasteiger partial charge is 0.392 e. The van der Waals surface area contributed by atoms with Crippen LogP contribution in [0.25, 0.3) is 0 Å². The fourth-order valence-corrected chi connectivity index (χ4v) is 4.21.